The summed E-state index contributed by atoms with van der Waals surface area (Å²) in [5.74, 6) is 2.83. The molecule has 2 rings (SSSR count). The fourth-order valence-electron chi connectivity index (χ4n) is 3.07. The summed E-state index contributed by atoms with van der Waals surface area (Å²) in [5, 5.41) is 0. The quantitative estimate of drug-likeness (QED) is 0.885. The Labute approximate surface area is 116 Å². The van der Waals surface area contributed by atoms with Crippen LogP contribution in [0, 0.1) is 11.8 Å². The highest BCUT2D eigenvalue weighted by Crippen LogP contribution is 2.40. The molecule has 0 spiro atoms. The standard InChI is InChI=1S/C16H26N2O/c1-3-6-19-15-8-14(10-18-11-15)16-7-12(2)4-5-13(16)9-17/h8,10-13,16H,3-7,9,17H2,1-2H3. The van der Waals surface area contributed by atoms with E-state index in [0.29, 0.717) is 11.8 Å². The van der Waals surface area contributed by atoms with E-state index >= 15 is 0 Å². The molecule has 0 amide bonds. The molecule has 1 heterocycles. The lowest BCUT2D eigenvalue weighted by atomic mass is 9.72. The summed E-state index contributed by atoms with van der Waals surface area (Å²) in [5.41, 5.74) is 7.24. The van der Waals surface area contributed by atoms with Gasteiger partial charge in [0.15, 0.2) is 0 Å². The Morgan fingerprint density at radius 1 is 1.37 bits per heavy atom. The van der Waals surface area contributed by atoms with Crippen molar-refractivity contribution in [2.75, 3.05) is 13.2 Å². The second-order valence-corrected chi connectivity index (χ2v) is 5.82. The molecule has 1 aromatic rings. The Balaban J connectivity index is 2.13. The Morgan fingerprint density at radius 3 is 2.95 bits per heavy atom. The lowest BCUT2D eigenvalue weighted by Crippen LogP contribution is -2.28. The highest BCUT2D eigenvalue weighted by molar-refractivity contribution is 5.27. The van der Waals surface area contributed by atoms with Crippen molar-refractivity contribution in [3.63, 3.8) is 0 Å². The maximum absolute atomic E-state index is 5.94. The number of pyridine rings is 1. The van der Waals surface area contributed by atoms with Crippen LogP contribution >= 0.6 is 0 Å². The number of nitrogens with two attached hydrogens (primary N) is 1. The highest BCUT2D eigenvalue weighted by Gasteiger charge is 2.29. The predicted octanol–water partition coefficient (Wildman–Crippen LogP) is 3.35. The minimum absolute atomic E-state index is 0.548. The van der Waals surface area contributed by atoms with Gasteiger partial charge in [0.2, 0.25) is 0 Å². The molecule has 1 aliphatic carbocycles. The first-order valence-electron chi connectivity index (χ1n) is 7.52. The third kappa shape index (κ3) is 3.69. The van der Waals surface area contributed by atoms with E-state index in [1.165, 1.54) is 24.8 Å². The summed E-state index contributed by atoms with van der Waals surface area (Å²) in [4.78, 5) is 4.34. The highest BCUT2D eigenvalue weighted by atomic mass is 16.5. The molecule has 3 unspecified atom stereocenters. The van der Waals surface area contributed by atoms with Gasteiger partial charge in [-0.3, -0.25) is 4.98 Å². The van der Waals surface area contributed by atoms with Crippen molar-refractivity contribution in [1.29, 1.82) is 0 Å². The van der Waals surface area contributed by atoms with Crippen molar-refractivity contribution in [3.8, 4) is 5.75 Å². The van der Waals surface area contributed by atoms with Crippen LogP contribution < -0.4 is 10.5 Å². The first kappa shape index (κ1) is 14.3. The second-order valence-electron chi connectivity index (χ2n) is 5.82. The molecule has 1 fully saturated rings. The fraction of sp³-hybridized carbons (Fsp3) is 0.688. The minimum Gasteiger partial charge on any atom is -0.492 e. The van der Waals surface area contributed by atoms with E-state index in [0.717, 1.165) is 31.2 Å². The minimum atomic E-state index is 0.548. The molecule has 1 aromatic heterocycles. The van der Waals surface area contributed by atoms with Gasteiger partial charge in [-0.2, -0.15) is 0 Å². The molecule has 3 atom stereocenters. The Hall–Kier alpha value is -1.09. The lowest BCUT2D eigenvalue weighted by Gasteiger charge is -2.34. The first-order valence-corrected chi connectivity index (χ1v) is 7.52. The molecular formula is C16H26N2O. The second kappa shape index (κ2) is 6.90. The molecule has 0 aromatic carbocycles. The van der Waals surface area contributed by atoms with Crippen LogP contribution in [0.1, 0.15) is 51.0 Å². The maximum atomic E-state index is 5.94. The molecule has 0 aliphatic heterocycles. The monoisotopic (exact) mass is 262 g/mol. The van der Waals surface area contributed by atoms with E-state index in [1.807, 2.05) is 12.4 Å². The Kier molecular flexibility index (Phi) is 5.20. The Bertz CT molecular complexity index is 394. The molecule has 3 nitrogen and oxygen atoms in total. The van der Waals surface area contributed by atoms with Gasteiger partial charge in [-0.1, -0.05) is 20.3 Å². The summed E-state index contributed by atoms with van der Waals surface area (Å²) in [6.45, 7) is 5.99. The van der Waals surface area contributed by atoms with Crippen molar-refractivity contribution in [3.05, 3.63) is 24.0 Å². The van der Waals surface area contributed by atoms with Crippen molar-refractivity contribution < 1.29 is 4.74 Å². The van der Waals surface area contributed by atoms with Crippen LogP contribution in [0.2, 0.25) is 0 Å². The van der Waals surface area contributed by atoms with Crippen molar-refractivity contribution in [2.24, 2.45) is 17.6 Å². The molecule has 0 radical (unpaired) electrons. The van der Waals surface area contributed by atoms with Crippen LogP contribution in [0.5, 0.6) is 5.75 Å². The molecule has 0 saturated heterocycles. The molecule has 19 heavy (non-hydrogen) atoms. The van der Waals surface area contributed by atoms with Crippen LogP contribution in [0.15, 0.2) is 18.5 Å². The Morgan fingerprint density at radius 2 is 2.21 bits per heavy atom. The molecule has 1 saturated carbocycles. The van der Waals surface area contributed by atoms with Crippen molar-refractivity contribution in [2.45, 2.75) is 45.4 Å². The van der Waals surface area contributed by atoms with E-state index in [4.69, 9.17) is 10.5 Å². The average Bonchev–Trinajstić information content (AvgIpc) is 2.45. The van der Waals surface area contributed by atoms with Gasteiger partial charge in [-0.05, 0) is 55.2 Å². The lowest BCUT2D eigenvalue weighted by molar-refractivity contribution is 0.252. The zero-order chi connectivity index (χ0) is 13.7. The van der Waals surface area contributed by atoms with Gasteiger partial charge in [-0.25, -0.2) is 0 Å². The summed E-state index contributed by atoms with van der Waals surface area (Å²) in [7, 11) is 0. The van der Waals surface area contributed by atoms with E-state index in [1.54, 1.807) is 0 Å². The SMILES string of the molecule is CCCOc1cncc(C2CC(C)CCC2CN)c1. The smallest absolute Gasteiger partial charge is 0.137 e. The van der Waals surface area contributed by atoms with Crippen LogP contribution in [-0.2, 0) is 0 Å². The largest absolute Gasteiger partial charge is 0.492 e. The fourth-order valence-corrected chi connectivity index (χ4v) is 3.07. The van der Waals surface area contributed by atoms with Gasteiger partial charge in [0.1, 0.15) is 5.75 Å². The van der Waals surface area contributed by atoms with Gasteiger partial charge in [0.05, 0.1) is 12.8 Å². The van der Waals surface area contributed by atoms with Gasteiger partial charge in [0, 0.05) is 6.20 Å². The van der Waals surface area contributed by atoms with Crippen LogP contribution in [0.25, 0.3) is 0 Å². The third-order valence-electron chi connectivity index (χ3n) is 4.19. The molecular weight excluding hydrogens is 236 g/mol. The van der Waals surface area contributed by atoms with Gasteiger partial charge in [-0.15, -0.1) is 0 Å². The molecule has 2 N–H and O–H groups in total. The van der Waals surface area contributed by atoms with Crippen LogP contribution in [0.4, 0.5) is 0 Å². The van der Waals surface area contributed by atoms with E-state index < -0.39 is 0 Å². The summed E-state index contributed by atoms with van der Waals surface area (Å²) >= 11 is 0. The molecule has 3 heteroatoms. The van der Waals surface area contributed by atoms with Gasteiger partial charge in [0.25, 0.3) is 0 Å². The number of hydrogen-bond donors (Lipinski definition) is 1. The normalized spacial score (nSPS) is 27.2. The average molecular weight is 262 g/mol. The number of ether oxygens (including phenoxy) is 1. The number of hydrogen-bond acceptors (Lipinski definition) is 3. The van der Waals surface area contributed by atoms with E-state index in [-0.39, 0.29) is 0 Å². The van der Waals surface area contributed by atoms with E-state index in [2.05, 4.69) is 24.9 Å². The summed E-state index contributed by atoms with van der Waals surface area (Å²) in [6, 6.07) is 2.16. The maximum Gasteiger partial charge on any atom is 0.137 e. The number of nitrogens with zero attached hydrogens (tertiary/aromatic N) is 1. The van der Waals surface area contributed by atoms with Crippen LogP contribution in [-0.4, -0.2) is 18.1 Å². The van der Waals surface area contributed by atoms with Gasteiger partial charge >= 0.3 is 0 Å². The van der Waals surface area contributed by atoms with E-state index in [9.17, 15) is 0 Å². The number of rotatable bonds is 5. The topological polar surface area (TPSA) is 48.1 Å². The number of aromatic nitrogens is 1. The molecule has 1 aliphatic rings. The third-order valence-corrected chi connectivity index (χ3v) is 4.19. The predicted molar refractivity (Wildman–Crippen MR) is 78.3 cm³/mol. The first-order chi connectivity index (χ1) is 9.24. The van der Waals surface area contributed by atoms with Crippen molar-refractivity contribution in [1.82, 2.24) is 4.98 Å². The van der Waals surface area contributed by atoms with Crippen molar-refractivity contribution >= 4 is 0 Å². The zero-order valence-corrected chi connectivity index (χ0v) is 12.1. The molecule has 0 bridgehead atoms. The van der Waals surface area contributed by atoms with Crippen LogP contribution in [0.3, 0.4) is 0 Å². The zero-order valence-electron chi connectivity index (χ0n) is 12.1. The summed E-state index contributed by atoms with van der Waals surface area (Å²) < 4.78 is 5.69. The van der Waals surface area contributed by atoms with Gasteiger partial charge < -0.3 is 10.5 Å². The summed E-state index contributed by atoms with van der Waals surface area (Å²) in [6.07, 6.45) is 8.59. The molecule has 106 valence electrons.